The van der Waals surface area contributed by atoms with Crippen LogP contribution in [0.4, 0.5) is 0 Å². The minimum absolute atomic E-state index is 0.00490. The lowest BCUT2D eigenvalue weighted by atomic mass is 9.96. The molecule has 10 amide bonds. The Balaban J connectivity index is 6.42. The van der Waals surface area contributed by atoms with Gasteiger partial charge in [-0.25, -0.2) is 0 Å². The topological polar surface area (TPSA) is 276 Å². The number of nitrogens with one attached hydrogen (secondary N) is 4. The fourth-order valence-corrected chi connectivity index (χ4v) is 9.68. The second-order valence-electron chi connectivity index (χ2n) is 25.2. The summed E-state index contributed by atoms with van der Waals surface area (Å²) in [5, 5.41) is 21.4. The molecule has 0 aromatic rings. The molecule has 0 aromatic heterocycles. The number of allylic oxidation sites excluding steroid dienone is 2. The van der Waals surface area contributed by atoms with Crippen LogP contribution < -0.4 is 21.3 Å². The molecule has 0 bridgehead atoms. The van der Waals surface area contributed by atoms with Crippen LogP contribution in [0.2, 0.25) is 0 Å². The standard InChI is InChI=1S/C61H110N10O12/c1-24-26-27-41(15)50(73)32-51(74)64-44(25-2)58(80)66(18)33-52(75)67(19)45(28-35(3)4)56(78)65-53(40(13)14)61(83)68(20)46(29-36(5)6)55(77)62-42(16)54(76)63-43(17)57(79)69(21)47(30-37(7)8)59(81)70(22)48(31-38(9)10)60(82)71(23)49(34-72)39(11)12/h24,26,34-50,53,73H,25,27-33H2,1-23H3,(H,62,77)(H,63,76)(H,64,74)(H,65,78)/b26-24+/t41?,42-,43+,44-,45-,46-,47-,48-,49+,50-,53-/m0/s1. The van der Waals surface area contributed by atoms with Crippen LogP contribution in [0.5, 0.6) is 0 Å². The van der Waals surface area contributed by atoms with Crippen LogP contribution in [0.3, 0.4) is 0 Å². The fraction of sp³-hybridized carbons (Fsp3) is 0.787. The second kappa shape index (κ2) is 36.7. The van der Waals surface area contributed by atoms with Gasteiger partial charge in [-0.15, -0.1) is 0 Å². The fourth-order valence-electron chi connectivity index (χ4n) is 9.68. The summed E-state index contributed by atoms with van der Waals surface area (Å²) in [6.07, 6.45) is 5.04. The van der Waals surface area contributed by atoms with Crippen LogP contribution in [0.15, 0.2) is 12.2 Å². The maximum Gasteiger partial charge on any atom is 0.245 e. The molecule has 11 atom stereocenters. The van der Waals surface area contributed by atoms with E-state index >= 15 is 0 Å². The molecule has 83 heavy (non-hydrogen) atoms. The molecule has 0 radical (unpaired) electrons. The van der Waals surface area contributed by atoms with E-state index in [1.165, 1.54) is 78.5 Å². The molecule has 0 spiro atoms. The van der Waals surface area contributed by atoms with Gasteiger partial charge >= 0.3 is 0 Å². The largest absolute Gasteiger partial charge is 0.392 e. The van der Waals surface area contributed by atoms with E-state index in [0.717, 1.165) is 6.29 Å². The highest BCUT2D eigenvalue weighted by molar-refractivity contribution is 5.98. The average molecular weight is 1180 g/mol. The van der Waals surface area contributed by atoms with Gasteiger partial charge in [0.05, 0.1) is 25.1 Å². The molecular weight excluding hydrogens is 1060 g/mol. The number of carbonyl (C=O) groups excluding carboxylic acids is 11. The minimum atomic E-state index is -1.21. The van der Waals surface area contributed by atoms with Crippen LogP contribution in [0.25, 0.3) is 0 Å². The molecule has 476 valence electrons. The third-order valence-electron chi connectivity index (χ3n) is 15.2. The predicted octanol–water partition coefficient (Wildman–Crippen LogP) is 4.02. The first-order valence-corrected chi connectivity index (χ1v) is 29.8. The van der Waals surface area contributed by atoms with Crippen molar-refractivity contribution in [1.82, 2.24) is 50.7 Å². The van der Waals surface area contributed by atoms with Crippen molar-refractivity contribution in [2.24, 2.45) is 41.4 Å². The summed E-state index contributed by atoms with van der Waals surface area (Å²) >= 11 is 0. The van der Waals surface area contributed by atoms with Crippen molar-refractivity contribution in [2.75, 3.05) is 48.8 Å². The van der Waals surface area contributed by atoms with Gasteiger partial charge in [-0.05, 0) is 101 Å². The van der Waals surface area contributed by atoms with E-state index in [0.29, 0.717) is 12.8 Å². The third-order valence-corrected chi connectivity index (χ3v) is 15.2. The van der Waals surface area contributed by atoms with E-state index in [2.05, 4.69) is 21.3 Å². The zero-order chi connectivity index (χ0) is 64.7. The van der Waals surface area contributed by atoms with Crippen molar-refractivity contribution in [3.05, 3.63) is 12.2 Å². The van der Waals surface area contributed by atoms with Crippen LogP contribution in [-0.4, -0.2) is 209 Å². The van der Waals surface area contributed by atoms with Gasteiger partial charge in [-0.2, -0.15) is 0 Å². The first-order valence-electron chi connectivity index (χ1n) is 29.8. The maximum absolute atomic E-state index is 14.5. The van der Waals surface area contributed by atoms with Gasteiger partial charge in [0.1, 0.15) is 54.6 Å². The van der Waals surface area contributed by atoms with Crippen molar-refractivity contribution < 1.29 is 57.8 Å². The van der Waals surface area contributed by atoms with Crippen LogP contribution in [0.1, 0.15) is 163 Å². The summed E-state index contributed by atoms with van der Waals surface area (Å²) in [6.45, 7) is 30.1. The van der Waals surface area contributed by atoms with Gasteiger partial charge in [-0.3, -0.25) is 47.9 Å². The molecule has 0 aromatic carbocycles. The summed E-state index contributed by atoms with van der Waals surface area (Å²) in [4.78, 5) is 159. The van der Waals surface area contributed by atoms with Crippen molar-refractivity contribution >= 4 is 65.4 Å². The van der Waals surface area contributed by atoms with Gasteiger partial charge in [-0.1, -0.05) is 109 Å². The van der Waals surface area contributed by atoms with Crippen molar-refractivity contribution in [3.8, 4) is 0 Å². The summed E-state index contributed by atoms with van der Waals surface area (Å²) in [7, 11) is 8.81. The van der Waals surface area contributed by atoms with E-state index in [9.17, 15) is 57.8 Å². The first kappa shape index (κ1) is 77.1. The molecule has 0 aliphatic rings. The molecule has 22 heteroatoms. The van der Waals surface area contributed by atoms with Crippen LogP contribution in [-0.2, 0) is 52.7 Å². The quantitative estimate of drug-likeness (QED) is 0.0440. The van der Waals surface area contributed by atoms with E-state index in [1.807, 2.05) is 95.2 Å². The lowest BCUT2D eigenvalue weighted by Gasteiger charge is -2.38. The number of aldehydes is 1. The number of likely N-dealkylation sites (N-methyl/N-ethyl adjacent to an activating group) is 6. The molecule has 22 nitrogen and oxygen atoms in total. The normalized spacial score (nSPS) is 15.7. The minimum Gasteiger partial charge on any atom is -0.392 e. The molecule has 0 fully saturated rings. The third kappa shape index (κ3) is 24.7. The SMILES string of the molecule is C/C=C/CC(C)[C@@H](O)CC(=O)N[C@@H](CC)C(=O)N(C)CC(=O)N(C)[C@@H](CC(C)C)C(=O)N[C@H](C(=O)N(C)[C@@H](CC(C)C)C(=O)N[C@@H](C)C(=O)N[C@H](C)C(=O)N(C)[C@@H](CC(C)C)C(=O)N(C)[C@@H](CC(C)C)C(=O)N(C)[C@H](C=O)C(C)C)C(C)C. The molecule has 0 rings (SSSR count). The Kier molecular flexibility index (Phi) is 34.1. The number of nitrogens with zero attached hydrogens (tertiary/aromatic N) is 6. The molecule has 1 unspecified atom stereocenters. The second-order valence-corrected chi connectivity index (χ2v) is 25.2. The van der Waals surface area contributed by atoms with Crippen molar-refractivity contribution in [2.45, 2.75) is 223 Å². The molecule has 0 aliphatic heterocycles. The van der Waals surface area contributed by atoms with Crippen molar-refractivity contribution in [1.29, 1.82) is 0 Å². The first-order chi connectivity index (χ1) is 38.3. The Bertz CT molecular complexity index is 2180. The number of rotatable bonds is 36. The number of hydrogen-bond donors (Lipinski definition) is 5. The smallest absolute Gasteiger partial charge is 0.245 e. The molecular formula is C61H110N10O12. The van der Waals surface area contributed by atoms with Gasteiger partial charge in [0.15, 0.2) is 0 Å². The van der Waals surface area contributed by atoms with Gasteiger partial charge < -0.3 is 60.6 Å². The highest BCUT2D eigenvalue weighted by Gasteiger charge is 2.41. The predicted molar refractivity (Wildman–Crippen MR) is 323 cm³/mol. The Hall–Kier alpha value is -5.93. The van der Waals surface area contributed by atoms with Gasteiger partial charge in [0, 0.05) is 42.3 Å². The Morgan fingerprint density at radius 1 is 0.482 bits per heavy atom. The number of aliphatic hydroxyl groups excluding tert-OH is 1. The zero-order valence-corrected chi connectivity index (χ0v) is 54.8. The summed E-state index contributed by atoms with van der Waals surface area (Å²) in [5.41, 5.74) is 0. The zero-order valence-electron chi connectivity index (χ0n) is 54.8. The van der Waals surface area contributed by atoms with Gasteiger partial charge in [0.25, 0.3) is 0 Å². The average Bonchev–Trinajstić information content (AvgIpc) is 3.46. The van der Waals surface area contributed by atoms with E-state index < -0.39 is 132 Å². The van der Waals surface area contributed by atoms with Crippen LogP contribution >= 0.6 is 0 Å². The number of carbonyl (C=O) groups is 11. The maximum atomic E-state index is 14.5. The summed E-state index contributed by atoms with van der Waals surface area (Å²) in [5.74, 6) is -6.90. The molecule has 0 saturated heterocycles. The Morgan fingerprint density at radius 2 is 0.904 bits per heavy atom. The molecule has 0 heterocycles. The van der Waals surface area contributed by atoms with Gasteiger partial charge in [0.2, 0.25) is 59.1 Å². The van der Waals surface area contributed by atoms with Crippen molar-refractivity contribution in [3.63, 3.8) is 0 Å². The number of hydrogen-bond acceptors (Lipinski definition) is 12. The molecule has 5 N–H and O–H groups in total. The van der Waals surface area contributed by atoms with Crippen LogP contribution in [0, 0.1) is 41.4 Å². The Labute approximate surface area is 497 Å². The lowest BCUT2D eigenvalue weighted by Crippen LogP contribution is -2.61. The van der Waals surface area contributed by atoms with E-state index in [-0.39, 0.29) is 67.6 Å². The highest BCUT2D eigenvalue weighted by atomic mass is 16.3. The molecule has 0 aliphatic carbocycles. The number of aliphatic hydroxyl groups is 1. The van der Waals surface area contributed by atoms with E-state index in [1.54, 1.807) is 27.8 Å². The lowest BCUT2D eigenvalue weighted by molar-refractivity contribution is -0.152. The Morgan fingerprint density at radius 3 is 1.34 bits per heavy atom. The number of amides is 10. The summed E-state index contributed by atoms with van der Waals surface area (Å²) < 4.78 is 0. The molecule has 0 saturated carbocycles. The monoisotopic (exact) mass is 1170 g/mol. The summed E-state index contributed by atoms with van der Waals surface area (Å²) in [6, 6.07) is -9.41. The highest BCUT2D eigenvalue weighted by Crippen LogP contribution is 2.23. The van der Waals surface area contributed by atoms with E-state index in [4.69, 9.17) is 0 Å².